The number of halogens is 1. The monoisotopic (exact) mass is 637 g/mol. The molecule has 0 N–H and O–H groups in total. The Labute approximate surface area is 269 Å². The first kappa shape index (κ1) is 37.1. The lowest BCUT2D eigenvalue weighted by molar-refractivity contribution is 0.457. The molecule has 0 radical (unpaired) electrons. The van der Waals surface area contributed by atoms with Crippen molar-refractivity contribution >= 4 is 38.0 Å². The van der Waals surface area contributed by atoms with Crippen molar-refractivity contribution in [3.05, 3.63) is 132 Å². The SMILES string of the molecule is CCN(CC)P(c1ccccc1)c1ccccc1.CN(C)[P+](Cc1ccccc1)(N(C)C)N(C)C.ClCc1ccccc1. The van der Waals surface area contributed by atoms with Gasteiger partial charge < -0.3 is 0 Å². The molecule has 7 heteroatoms. The van der Waals surface area contributed by atoms with Crippen LogP contribution in [0.2, 0.25) is 0 Å². The number of alkyl halides is 1. The molecule has 4 aromatic carbocycles. The summed E-state index contributed by atoms with van der Waals surface area (Å²) in [6, 6.07) is 42.4. The van der Waals surface area contributed by atoms with Crippen LogP contribution in [0, 0.1) is 0 Å². The van der Waals surface area contributed by atoms with Crippen LogP contribution >= 0.6 is 27.4 Å². The van der Waals surface area contributed by atoms with Crippen LogP contribution in [0.1, 0.15) is 25.0 Å². The predicted molar refractivity (Wildman–Crippen MR) is 196 cm³/mol. The minimum Gasteiger partial charge on any atom is -0.275 e. The minimum absolute atomic E-state index is 0.381. The van der Waals surface area contributed by atoms with E-state index in [2.05, 4.69) is 166 Å². The summed E-state index contributed by atoms with van der Waals surface area (Å²) in [5.41, 5.74) is 2.58. The van der Waals surface area contributed by atoms with E-state index in [-0.39, 0.29) is 8.07 Å². The van der Waals surface area contributed by atoms with E-state index >= 15 is 0 Å². The lowest BCUT2D eigenvalue weighted by Crippen LogP contribution is -2.37. The van der Waals surface area contributed by atoms with Crippen LogP contribution < -0.4 is 10.6 Å². The molecule has 4 rings (SSSR count). The first-order valence-electron chi connectivity index (χ1n) is 14.9. The maximum absolute atomic E-state index is 5.53. The zero-order valence-electron chi connectivity index (χ0n) is 27.4. The van der Waals surface area contributed by atoms with Gasteiger partial charge in [0, 0.05) is 56.2 Å². The largest absolute Gasteiger partial charge is 0.275 e. The van der Waals surface area contributed by atoms with E-state index in [9.17, 15) is 0 Å². The summed E-state index contributed by atoms with van der Waals surface area (Å²) in [6.07, 6.45) is 1.08. The van der Waals surface area contributed by atoms with Crippen LogP contribution in [0.25, 0.3) is 0 Å². The van der Waals surface area contributed by atoms with Crippen molar-refractivity contribution in [1.82, 2.24) is 18.7 Å². The predicted octanol–water partition coefficient (Wildman–Crippen LogP) is 8.44. The second-order valence-electron chi connectivity index (χ2n) is 10.6. The van der Waals surface area contributed by atoms with Gasteiger partial charge in [0.25, 0.3) is 0 Å². The van der Waals surface area contributed by atoms with Gasteiger partial charge in [0.1, 0.15) is 6.16 Å². The highest BCUT2D eigenvalue weighted by atomic mass is 35.5. The van der Waals surface area contributed by atoms with Gasteiger partial charge in [0.2, 0.25) is 7.71 Å². The van der Waals surface area contributed by atoms with Gasteiger partial charge in [0.05, 0.1) is 0 Å². The van der Waals surface area contributed by atoms with Crippen molar-refractivity contribution in [3.63, 3.8) is 0 Å². The third-order valence-corrected chi connectivity index (χ3v) is 14.8. The quantitative estimate of drug-likeness (QED) is 0.121. The van der Waals surface area contributed by atoms with Crippen molar-refractivity contribution in [2.45, 2.75) is 25.9 Å². The van der Waals surface area contributed by atoms with E-state index in [0.717, 1.165) is 19.3 Å². The van der Waals surface area contributed by atoms with Crippen LogP contribution in [0.4, 0.5) is 0 Å². The molecule has 0 unspecified atom stereocenters. The molecule has 43 heavy (non-hydrogen) atoms. The fourth-order valence-electron chi connectivity index (χ4n) is 5.01. The van der Waals surface area contributed by atoms with E-state index in [0.29, 0.717) is 5.88 Å². The second kappa shape index (κ2) is 20.0. The van der Waals surface area contributed by atoms with Crippen LogP contribution in [-0.2, 0) is 12.0 Å². The topological polar surface area (TPSA) is 13.0 Å². The molecule has 0 atom stereocenters. The van der Waals surface area contributed by atoms with Gasteiger partial charge in [0.15, 0.2) is 0 Å². The molecule has 0 fully saturated rings. The van der Waals surface area contributed by atoms with E-state index in [4.69, 9.17) is 11.6 Å². The van der Waals surface area contributed by atoms with Gasteiger partial charge in [-0.2, -0.15) is 14.0 Å². The summed E-state index contributed by atoms with van der Waals surface area (Å²) in [5.74, 6) is 0.612. The van der Waals surface area contributed by atoms with Crippen LogP contribution in [0.15, 0.2) is 121 Å². The molecule has 0 aromatic heterocycles. The number of hydrogen-bond acceptors (Lipinski definition) is 4. The molecule has 0 spiro atoms. The molecule has 4 aromatic rings. The highest BCUT2D eigenvalue weighted by molar-refractivity contribution is 7.70. The molecule has 0 amide bonds. The summed E-state index contributed by atoms with van der Waals surface area (Å²) in [4.78, 5) is 0. The van der Waals surface area contributed by atoms with E-state index < -0.39 is 7.71 Å². The number of rotatable bonds is 11. The van der Waals surface area contributed by atoms with Crippen molar-refractivity contribution in [2.75, 3.05) is 55.4 Å². The molecule has 0 aliphatic rings. The summed E-state index contributed by atoms with van der Waals surface area (Å²) >= 11 is 5.53. The van der Waals surface area contributed by atoms with E-state index in [1.54, 1.807) is 0 Å². The van der Waals surface area contributed by atoms with Crippen LogP contribution in [-0.4, -0.2) is 74.1 Å². The molecule has 0 aliphatic carbocycles. The Bertz CT molecular complexity index is 1180. The Morgan fingerprint density at radius 1 is 0.512 bits per heavy atom. The van der Waals surface area contributed by atoms with Gasteiger partial charge in [-0.25, -0.2) is 0 Å². The molecular weight excluding hydrogens is 586 g/mol. The van der Waals surface area contributed by atoms with Crippen molar-refractivity contribution in [2.24, 2.45) is 0 Å². The van der Waals surface area contributed by atoms with Crippen molar-refractivity contribution in [1.29, 1.82) is 0 Å². The average molecular weight is 638 g/mol. The number of benzene rings is 4. The molecule has 0 bridgehead atoms. The molecule has 0 saturated heterocycles. The lowest BCUT2D eigenvalue weighted by atomic mass is 10.2. The first-order valence-corrected chi connectivity index (χ1v) is 18.6. The summed E-state index contributed by atoms with van der Waals surface area (Å²) in [7, 11) is 11.2. The Morgan fingerprint density at radius 2 is 0.837 bits per heavy atom. The Kier molecular flexibility index (Phi) is 17.2. The maximum Gasteiger partial charge on any atom is 0.230 e. The molecule has 0 heterocycles. The molecule has 232 valence electrons. The van der Waals surface area contributed by atoms with Crippen molar-refractivity contribution < 1.29 is 0 Å². The van der Waals surface area contributed by atoms with Gasteiger partial charge in [-0.05, 0) is 34.8 Å². The Hall–Kier alpha value is -2.13. The summed E-state index contributed by atoms with van der Waals surface area (Å²) < 4.78 is 9.68. The van der Waals surface area contributed by atoms with Crippen molar-refractivity contribution in [3.8, 4) is 0 Å². The molecule has 0 aliphatic heterocycles. The number of nitrogens with zero attached hydrogens (tertiary/aromatic N) is 4. The minimum atomic E-state index is -1.43. The fourth-order valence-corrected chi connectivity index (χ4v) is 11.3. The zero-order valence-corrected chi connectivity index (χ0v) is 30.0. The van der Waals surface area contributed by atoms with Gasteiger partial charge in [-0.1, -0.05) is 135 Å². The highest BCUT2D eigenvalue weighted by Gasteiger charge is 2.47. The zero-order chi connectivity index (χ0) is 31.7. The normalized spacial score (nSPS) is 11.4. The Balaban J connectivity index is 0.000000241. The molecule has 4 nitrogen and oxygen atoms in total. The van der Waals surface area contributed by atoms with Gasteiger partial charge in [-0.3, -0.25) is 4.67 Å². The smallest absolute Gasteiger partial charge is 0.230 e. The van der Waals surface area contributed by atoms with Gasteiger partial charge >= 0.3 is 0 Å². The fraction of sp³-hybridized carbons (Fsp3) is 0.333. The summed E-state index contributed by atoms with van der Waals surface area (Å²) in [6.45, 7) is 6.66. The van der Waals surface area contributed by atoms with Crippen LogP contribution in [0.3, 0.4) is 0 Å². The molecular formula is C36H52ClN4P2+. The third kappa shape index (κ3) is 11.4. The Morgan fingerprint density at radius 3 is 1.12 bits per heavy atom. The standard InChI is InChI=1S/C16H20NP.C13H25N3P.C7H7Cl/c1-3-17(4-2)18(15-11-7-5-8-12-15)16-13-9-6-10-14-16;1-14(2)17(15(3)4,16(5)6)12-13-10-8-7-9-11-13;8-6-7-4-2-1-3-5-7/h5-14H,3-4H2,1-2H3;7-11H,12H2,1-6H3;1-5H,6H2/q;+1;. The third-order valence-electron chi connectivity index (χ3n) is 7.17. The van der Waals surface area contributed by atoms with E-state index in [1.165, 1.54) is 21.7 Å². The van der Waals surface area contributed by atoms with Crippen LogP contribution in [0.5, 0.6) is 0 Å². The van der Waals surface area contributed by atoms with E-state index in [1.807, 2.05) is 30.3 Å². The highest BCUT2D eigenvalue weighted by Crippen LogP contribution is 2.65. The molecule has 0 saturated carbocycles. The van der Waals surface area contributed by atoms with Gasteiger partial charge in [-0.15, -0.1) is 11.6 Å². The summed E-state index contributed by atoms with van der Waals surface area (Å²) in [5, 5.41) is 2.87. The number of hydrogen-bond donors (Lipinski definition) is 0. The lowest BCUT2D eigenvalue weighted by Gasteiger charge is -2.40. The first-order chi connectivity index (χ1) is 20.7. The average Bonchev–Trinajstić information content (AvgIpc) is 3.04. The maximum atomic E-state index is 5.53. The second-order valence-corrected chi connectivity index (χ2v) is 17.2.